The second-order valence-electron chi connectivity index (χ2n) is 2.87. The number of benzene rings is 1. The lowest BCUT2D eigenvalue weighted by molar-refractivity contribution is -0.142. The highest BCUT2D eigenvalue weighted by Gasteiger charge is 2.01. The van der Waals surface area contributed by atoms with Crippen molar-refractivity contribution in [3.8, 4) is 5.75 Å². The van der Waals surface area contributed by atoms with Gasteiger partial charge < -0.3 is 9.47 Å². The third kappa shape index (κ3) is 3.09. The van der Waals surface area contributed by atoms with Gasteiger partial charge in [0.1, 0.15) is 5.75 Å². The van der Waals surface area contributed by atoms with Crippen LogP contribution in [-0.4, -0.2) is 19.7 Å². The average Bonchev–Trinajstić information content (AvgIpc) is 2.26. The molecule has 0 radical (unpaired) electrons. The van der Waals surface area contributed by atoms with Crippen LogP contribution in [0, 0.1) is 0 Å². The Balaban J connectivity index is 2.54. The van der Waals surface area contributed by atoms with Crippen LogP contribution in [0.1, 0.15) is 12.5 Å². The van der Waals surface area contributed by atoms with Gasteiger partial charge in [-0.25, -0.2) is 4.79 Å². The van der Waals surface area contributed by atoms with Crippen LogP contribution >= 0.6 is 0 Å². The van der Waals surface area contributed by atoms with Crippen LogP contribution in [0.3, 0.4) is 0 Å². The predicted octanol–water partition coefficient (Wildman–Crippen LogP) is 1.80. The van der Waals surface area contributed by atoms with E-state index in [2.05, 4.69) is 11.7 Å². The monoisotopic (exact) mass is 194 g/mol. The van der Waals surface area contributed by atoms with Crippen molar-refractivity contribution in [2.24, 2.45) is 0 Å². The number of aryl methyl sites for hydroxylation is 1. The number of rotatable bonds is 4. The topological polar surface area (TPSA) is 35.5 Å². The van der Waals surface area contributed by atoms with E-state index in [4.69, 9.17) is 4.74 Å². The van der Waals surface area contributed by atoms with Crippen LogP contribution in [0.5, 0.6) is 5.75 Å². The molecule has 0 aliphatic heterocycles. The number of carbonyl (C=O) groups excluding carboxylic acids is 1. The second-order valence-corrected chi connectivity index (χ2v) is 2.87. The summed E-state index contributed by atoms with van der Waals surface area (Å²) in [6.45, 7) is 2.03. The molecule has 0 aromatic heterocycles. The van der Waals surface area contributed by atoms with Crippen LogP contribution in [-0.2, 0) is 16.0 Å². The normalized spacial score (nSPS) is 9.57. The van der Waals surface area contributed by atoms with Crippen molar-refractivity contribution in [1.82, 2.24) is 0 Å². The first-order chi connectivity index (χ1) is 6.76. The molecule has 0 amide bonds. The summed E-state index contributed by atoms with van der Waals surface area (Å²) >= 11 is 0. The van der Waals surface area contributed by atoms with Crippen molar-refractivity contribution >= 4 is 5.97 Å². The van der Waals surface area contributed by atoms with E-state index in [-0.39, 0.29) is 12.6 Å². The summed E-state index contributed by atoms with van der Waals surface area (Å²) in [5.74, 6) is 0.335. The van der Waals surface area contributed by atoms with E-state index in [0.29, 0.717) is 5.75 Å². The third-order valence-corrected chi connectivity index (χ3v) is 1.89. The Kier molecular flexibility index (Phi) is 3.98. The highest BCUT2D eigenvalue weighted by molar-refractivity contribution is 5.70. The first-order valence-corrected chi connectivity index (χ1v) is 4.54. The Labute approximate surface area is 83.6 Å². The summed E-state index contributed by atoms with van der Waals surface area (Å²) in [5.41, 5.74) is 1.19. The van der Waals surface area contributed by atoms with Gasteiger partial charge in [0.05, 0.1) is 7.11 Å². The number of ether oxygens (including phenoxy) is 2. The van der Waals surface area contributed by atoms with Crippen molar-refractivity contribution in [3.05, 3.63) is 29.8 Å². The van der Waals surface area contributed by atoms with Crippen molar-refractivity contribution in [3.63, 3.8) is 0 Å². The summed E-state index contributed by atoms with van der Waals surface area (Å²) in [4.78, 5) is 10.8. The molecule has 1 aromatic rings. The molecule has 0 atom stereocenters. The fourth-order valence-electron chi connectivity index (χ4n) is 1.06. The van der Waals surface area contributed by atoms with Crippen molar-refractivity contribution in [1.29, 1.82) is 0 Å². The standard InChI is InChI=1S/C11H14O3/c1-3-9-5-4-6-10(7-9)14-8-11(12)13-2/h4-7H,3,8H2,1-2H3. The van der Waals surface area contributed by atoms with Gasteiger partial charge in [0.15, 0.2) is 6.61 Å². The lowest BCUT2D eigenvalue weighted by Crippen LogP contribution is -2.12. The van der Waals surface area contributed by atoms with Gasteiger partial charge in [0.25, 0.3) is 0 Å². The Bertz CT molecular complexity index is 307. The van der Waals surface area contributed by atoms with Crippen LogP contribution in [0.25, 0.3) is 0 Å². The van der Waals surface area contributed by atoms with Crippen molar-refractivity contribution in [2.75, 3.05) is 13.7 Å². The van der Waals surface area contributed by atoms with Gasteiger partial charge in [0.2, 0.25) is 0 Å². The van der Waals surface area contributed by atoms with Gasteiger partial charge >= 0.3 is 5.97 Å². The molecule has 76 valence electrons. The smallest absolute Gasteiger partial charge is 0.343 e. The van der Waals surface area contributed by atoms with Gasteiger partial charge in [-0.2, -0.15) is 0 Å². The quantitative estimate of drug-likeness (QED) is 0.685. The Hall–Kier alpha value is -1.51. The van der Waals surface area contributed by atoms with E-state index in [0.717, 1.165) is 6.42 Å². The molecule has 0 saturated heterocycles. The maximum Gasteiger partial charge on any atom is 0.343 e. The Morgan fingerprint density at radius 3 is 2.86 bits per heavy atom. The average molecular weight is 194 g/mol. The zero-order valence-corrected chi connectivity index (χ0v) is 8.45. The summed E-state index contributed by atoms with van der Waals surface area (Å²) in [6, 6.07) is 7.67. The van der Waals surface area contributed by atoms with Crippen LogP contribution in [0.4, 0.5) is 0 Å². The molecule has 0 spiro atoms. The number of hydrogen-bond acceptors (Lipinski definition) is 3. The Morgan fingerprint density at radius 2 is 2.21 bits per heavy atom. The predicted molar refractivity (Wildman–Crippen MR) is 53.3 cm³/mol. The third-order valence-electron chi connectivity index (χ3n) is 1.89. The van der Waals surface area contributed by atoms with E-state index in [1.54, 1.807) is 0 Å². The molecule has 0 heterocycles. The van der Waals surface area contributed by atoms with E-state index >= 15 is 0 Å². The highest BCUT2D eigenvalue weighted by atomic mass is 16.6. The largest absolute Gasteiger partial charge is 0.482 e. The lowest BCUT2D eigenvalue weighted by Gasteiger charge is -2.05. The van der Waals surface area contributed by atoms with Gasteiger partial charge in [-0.1, -0.05) is 19.1 Å². The number of carbonyl (C=O) groups is 1. The molecular weight excluding hydrogens is 180 g/mol. The van der Waals surface area contributed by atoms with Gasteiger partial charge in [-0.15, -0.1) is 0 Å². The number of esters is 1. The zero-order valence-electron chi connectivity index (χ0n) is 8.45. The molecule has 0 unspecified atom stereocenters. The van der Waals surface area contributed by atoms with Crippen LogP contribution in [0.2, 0.25) is 0 Å². The minimum atomic E-state index is -0.369. The molecule has 3 nitrogen and oxygen atoms in total. The van der Waals surface area contributed by atoms with E-state index in [1.165, 1.54) is 12.7 Å². The molecular formula is C11H14O3. The summed E-state index contributed by atoms with van der Waals surface area (Å²) in [6.07, 6.45) is 0.954. The van der Waals surface area contributed by atoms with Gasteiger partial charge in [-0.3, -0.25) is 0 Å². The van der Waals surface area contributed by atoms with E-state index in [1.807, 2.05) is 24.3 Å². The lowest BCUT2D eigenvalue weighted by atomic mass is 10.2. The molecule has 1 rings (SSSR count). The molecule has 0 aliphatic rings. The minimum absolute atomic E-state index is 0.0380. The molecule has 14 heavy (non-hydrogen) atoms. The van der Waals surface area contributed by atoms with E-state index < -0.39 is 0 Å². The fraction of sp³-hybridized carbons (Fsp3) is 0.364. The van der Waals surface area contributed by atoms with E-state index in [9.17, 15) is 4.79 Å². The summed E-state index contributed by atoms with van der Waals surface area (Å²) in [5, 5.41) is 0. The first kappa shape index (κ1) is 10.6. The molecule has 0 saturated carbocycles. The van der Waals surface area contributed by atoms with Crippen LogP contribution < -0.4 is 4.74 Å². The molecule has 1 aromatic carbocycles. The second kappa shape index (κ2) is 5.27. The molecule has 0 fully saturated rings. The summed E-state index contributed by atoms with van der Waals surface area (Å²) < 4.78 is 9.69. The minimum Gasteiger partial charge on any atom is -0.482 e. The molecule has 0 bridgehead atoms. The SMILES string of the molecule is CCc1cccc(OCC(=O)OC)c1. The van der Waals surface area contributed by atoms with Crippen molar-refractivity contribution in [2.45, 2.75) is 13.3 Å². The fourth-order valence-corrected chi connectivity index (χ4v) is 1.06. The number of methoxy groups -OCH3 is 1. The van der Waals surface area contributed by atoms with Crippen LogP contribution in [0.15, 0.2) is 24.3 Å². The van der Waals surface area contributed by atoms with Crippen molar-refractivity contribution < 1.29 is 14.3 Å². The van der Waals surface area contributed by atoms with Gasteiger partial charge in [0, 0.05) is 0 Å². The zero-order chi connectivity index (χ0) is 10.4. The number of hydrogen-bond donors (Lipinski definition) is 0. The molecule has 0 N–H and O–H groups in total. The Morgan fingerprint density at radius 1 is 1.43 bits per heavy atom. The maximum atomic E-state index is 10.8. The highest BCUT2D eigenvalue weighted by Crippen LogP contribution is 2.13. The maximum absolute atomic E-state index is 10.8. The summed E-state index contributed by atoms with van der Waals surface area (Å²) in [7, 11) is 1.34. The van der Waals surface area contributed by atoms with Gasteiger partial charge in [-0.05, 0) is 24.1 Å². The molecule has 3 heteroatoms. The first-order valence-electron chi connectivity index (χ1n) is 4.54. The molecule has 0 aliphatic carbocycles.